The Hall–Kier alpha value is -0.910. The fraction of sp³-hybridized carbons (Fsp3) is 0.571. The highest BCUT2D eigenvalue weighted by molar-refractivity contribution is 7.88. The maximum absolute atomic E-state index is 12.3. The Morgan fingerprint density at radius 3 is 2.47 bits per heavy atom. The molecule has 5 heteroatoms. The number of nitrogens with zero attached hydrogens (tertiary/aromatic N) is 1. The third-order valence-electron chi connectivity index (χ3n) is 3.52. The predicted molar refractivity (Wildman–Crippen MR) is 75.2 cm³/mol. The zero-order chi connectivity index (χ0) is 13.7. The summed E-state index contributed by atoms with van der Waals surface area (Å²) >= 11 is 0. The second-order valence-corrected chi connectivity index (χ2v) is 7.15. The van der Waals surface area contributed by atoms with Crippen molar-refractivity contribution in [3.63, 3.8) is 0 Å². The molecule has 0 saturated carbocycles. The molecule has 0 aromatic heterocycles. The van der Waals surface area contributed by atoms with Crippen LogP contribution < -0.4 is 0 Å². The van der Waals surface area contributed by atoms with Gasteiger partial charge in [0.05, 0.1) is 5.75 Å². The molecule has 1 aromatic carbocycles. The van der Waals surface area contributed by atoms with Gasteiger partial charge in [-0.05, 0) is 24.3 Å². The number of hydrogen-bond acceptors (Lipinski definition) is 3. The van der Waals surface area contributed by atoms with E-state index in [-0.39, 0.29) is 5.75 Å². The molecule has 106 valence electrons. The standard InChI is InChI=1S/C14H21NO3S/c1-15(11-13-7-9-18-10-8-13)19(16,17)12-14-5-3-2-4-6-14/h2-6,13H,7-12H2,1H3. The molecule has 19 heavy (non-hydrogen) atoms. The lowest BCUT2D eigenvalue weighted by Crippen LogP contribution is -2.34. The lowest BCUT2D eigenvalue weighted by Gasteiger charge is -2.26. The van der Waals surface area contributed by atoms with Gasteiger partial charge >= 0.3 is 0 Å². The smallest absolute Gasteiger partial charge is 0.218 e. The first kappa shape index (κ1) is 14.5. The molecule has 0 amide bonds. The third kappa shape index (κ3) is 4.30. The minimum absolute atomic E-state index is 0.0769. The maximum atomic E-state index is 12.3. The molecule has 0 spiro atoms. The normalized spacial score (nSPS) is 17.8. The van der Waals surface area contributed by atoms with E-state index < -0.39 is 10.0 Å². The zero-order valence-electron chi connectivity index (χ0n) is 11.3. The van der Waals surface area contributed by atoms with E-state index in [1.807, 2.05) is 30.3 Å². The highest BCUT2D eigenvalue weighted by atomic mass is 32.2. The molecule has 1 fully saturated rings. The van der Waals surface area contributed by atoms with Crippen LogP contribution >= 0.6 is 0 Å². The van der Waals surface area contributed by atoms with Crippen LogP contribution in [0.15, 0.2) is 30.3 Å². The SMILES string of the molecule is CN(CC1CCOCC1)S(=O)(=O)Cc1ccccc1. The average Bonchev–Trinajstić information content (AvgIpc) is 2.40. The fourth-order valence-corrected chi connectivity index (χ4v) is 3.57. The van der Waals surface area contributed by atoms with Crippen molar-refractivity contribution < 1.29 is 13.2 Å². The number of rotatable bonds is 5. The quantitative estimate of drug-likeness (QED) is 0.829. The summed E-state index contributed by atoms with van der Waals surface area (Å²) in [7, 11) is -1.55. The van der Waals surface area contributed by atoms with E-state index in [2.05, 4.69) is 0 Å². The Morgan fingerprint density at radius 1 is 1.21 bits per heavy atom. The van der Waals surface area contributed by atoms with Crippen LogP contribution in [0.1, 0.15) is 18.4 Å². The molecule has 1 aliphatic rings. The summed E-state index contributed by atoms with van der Waals surface area (Å²) in [5.41, 5.74) is 0.835. The lowest BCUT2D eigenvalue weighted by molar-refractivity contribution is 0.0620. The van der Waals surface area contributed by atoms with Crippen LogP contribution in [-0.4, -0.2) is 39.5 Å². The van der Waals surface area contributed by atoms with Crippen LogP contribution in [0.25, 0.3) is 0 Å². The van der Waals surface area contributed by atoms with Crippen molar-refractivity contribution in [2.75, 3.05) is 26.8 Å². The zero-order valence-corrected chi connectivity index (χ0v) is 12.1. The minimum atomic E-state index is -3.22. The second-order valence-electron chi connectivity index (χ2n) is 5.08. The van der Waals surface area contributed by atoms with Gasteiger partial charge in [-0.2, -0.15) is 0 Å². The average molecular weight is 283 g/mol. The van der Waals surface area contributed by atoms with Gasteiger partial charge in [0.1, 0.15) is 0 Å². The molecule has 0 N–H and O–H groups in total. The second kappa shape index (κ2) is 6.50. The Morgan fingerprint density at radius 2 is 1.84 bits per heavy atom. The van der Waals surface area contributed by atoms with Crippen molar-refractivity contribution in [2.24, 2.45) is 5.92 Å². The highest BCUT2D eigenvalue weighted by Crippen LogP contribution is 2.18. The van der Waals surface area contributed by atoms with Crippen molar-refractivity contribution in [3.8, 4) is 0 Å². The van der Waals surface area contributed by atoms with E-state index in [4.69, 9.17) is 4.74 Å². The summed E-state index contributed by atoms with van der Waals surface area (Å²) in [4.78, 5) is 0. The van der Waals surface area contributed by atoms with Crippen LogP contribution in [0.5, 0.6) is 0 Å². The van der Waals surface area contributed by atoms with Gasteiger partial charge in [-0.15, -0.1) is 0 Å². The summed E-state index contributed by atoms with van der Waals surface area (Å²) in [6.45, 7) is 2.09. The summed E-state index contributed by atoms with van der Waals surface area (Å²) in [6.07, 6.45) is 1.90. The molecule has 0 atom stereocenters. The maximum Gasteiger partial charge on any atom is 0.218 e. The number of benzene rings is 1. The minimum Gasteiger partial charge on any atom is -0.381 e. The van der Waals surface area contributed by atoms with Crippen molar-refractivity contribution in [3.05, 3.63) is 35.9 Å². The van der Waals surface area contributed by atoms with Crippen LogP contribution in [0.3, 0.4) is 0 Å². The molecule has 2 rings (SSSR count). The van der Waals surface area contributed by atoms with Gasteiger partial charge < -0.3 is 4.74 Å². The first-order valence-electron chi connectivity index (χ1n) is 6.63. The Labute approximate surface area is 115 Å². The number of ether oxygens (including phenoxy) is 1. The first-order chi connectivity index (χ1) is 9.08. The van der Waals surface area contributed by atoms with E-state index in [1.54, 1.807) is 7.05 Å². The van der Waals surface area contributed by atoms with Gasteiger partial charge in [-0.25, -0.2) is 12.7 Å². The van der Waals surface area contributed by atoms with Gasteiger partial charge in [0.2, 0.25) is 10.0 Å². The van der Waals surface area contributed by atoms with E-state index >= 15 is 0 Å². The van der Waals surface area contributed by atoms with Crippen molar-refractivity contribution in [2.45, 2.75) is 18.6 Å². The van der Waals surface area contributed by atoms with Gasteiger partial charge in [-0.1, -0.05) is 30.3 Å². The van der Waals surface area contributed by atoms with Gasteiger partial charge in [0, 0.05) is 26.8 Å². The fourth-order valence-electron chi connectivity index (χ4n) is 2.30. The highest BCUT2D eigenvalue weighted by Gasteiger charge is 2.23. The summed E-state index contributed by atoms with van der Waals surface area (Å²) in [6, 6.07) is 9.31. The molecule has 0 bridgehead atoms. The van der Waals surface area contributed by atoms with E-state index in [1.165, 1.54) is 4.31 Å². The molecule has 1 aromatic rings. The topological polar surface area (TPSA) is 46.6 Å². The molecular weight excluding hydrogens is 262 g/mol. The van der Waals surface area contributed by atoms with Crippen LogP contribution in [-0.2, 0) is 20.5 Å². The van der Waals surface area contributed by atoms with Crippen molar-refractivity contribution in [1.29, 1.82) is 0 Å². The van der Waals surface area contributed by atoms with Crippen LogP contribution in [0.4, 0.5) is 0 Å². The van der Waals surface area contributed by atoms with Crippen LogP contribution in [0.2, 0.25) is 0 Å². The Kier molecular flexibility index (Phi) is 4.96. The van der Waals surface area contributed by atoms with E-state index in [9.17, 15) is 8.42 Å². The summed E-state index contributed by atoms with van der Waals surface area (Å²) in [5.74, 6) is 0.498. The molecule has 1 aliphatic heterocycles. The Bertz CT molecular complexity index is 481. The predicted octanol–water partition coefficient (Wildman–Crippen LogP) is 1.87. The van der Waals surface area contributed by atoms with E-state index in [0.717, 1.165) is 31.6 Å². The number of hydrogen-bond donors (Lipinski definition) is 0. The van der Waals surface area contributed by atoms with Crippen molar-refractivity contribution >= 4 is 10.0 Å². The Balaban J connectivity index is 1.94. The van der Waals surface area contributed by atoms with Gasteiger partial charge in [0.15, 0.2) is 0 Å². The van der Waals surface area contributed by atoms with Gasteiger partial charge in [0.25, 0.3) is 0 Å². The largest absolute Gasteiger partial charge is 0.381 e. The lowest BCUT2D eigenvalue weighted by atomic mass is 10.0. The monoisotopic (exact) mass is 283 g/mol. The van der Waals surface area contributed by atoms with Gasteiger partial charge in [-0.3, -0.25) is 0 Å². The van der Waals surface area contributed by atoms with E-state index in [0.29, 0.717) is 12.5 Å². The first-order valence-corrected chi connectivity index (χ1v) is 8.24. The summed E-state index contributed by atoms with van der Waals surface area (Å²) < 4.78 is 31.3. The molecule has 1 saturated heterocycles. The molecule has 0 radical (unpaired) electrons. The van der Waals surface area contributed by atoms with Crippen molar-refractivity contribution in [1.82, 2.24) is 4.31 Å². The molecule has 0 unspecified atom stereocenters. The molecule has 1 heterocycles. The number of sulfonamides is 1. The molecular formula is C14H21NO3S. The molecule has 4 nitrogen and oxygen atoms in total. The summed E-state index contributed by atoms with van der Waals surface area (Å²) in [5, 5.41) is 0. The third-order valence-corrected chi connectivity index (χ3v) is 5.32. The molecule has 0 aliphatic carbocycles. The van der Waals surface area contributed by atoms with Crippen LogP contribution in [0, 0.1) is 5.92 Å².